The van der Waals surface area contributed by atoms with Gasteiger partial charge in [0.1, 0.15) is 0 Å². The summed E-state index contributed by atoms with van der Waals surface area (Å²) in [6, 6.07) is 4.92. The lowest BCUT2D eigenvalue weighted by Gasteiger charge is -2.41. The van der Waals surface area contributed by atoms with Crippen molar-refractivity contribution in [1.29, 1.82) is 0 Å². The zero-order valence-corrected chi connectivity index (χ0v) is 13.1. The van der Waals surface area contributed by atoms with E-state index in [2.05, 4.69) is 37.9 Å². The lowest BCUT2D eigenvalue weighted by molar-refractivity contribution is -0.131. The van der Waals surface area contributed by atoms with Crippen molar-refractivity contribution in [3.63, 3.8) is 0 Å². The van der Waals surface area contributed by atoms with E-state index < -0.39 is 0 Å². The Morgan fingerprint density at radius 3 is 3.00 bits per heavy atom. The largest absolute Gasteiger partial charge is 0.337 e. The van der Waals surface area contributed by atoms with E-state index in [4.69, 9.17) is 5.73 Å². The van der Waals surface area contributed by atoms with Crippen molar-refractivity contribution >= 4 is 33.2 Å². The molecule has 0 spiro atoms. The van der Waals surface area contributed by atoms with Crippen molar-refractivity contribution in [2.24, 2.45) is 5.73 Å². The topological polar surface area (TPSA) is 49.6 Å². The van der Waals surface area contributed by atoms with E-state index in [1.165, 1.54) is 4.88 Å². The molecule has 0 bridgehead atoms. The molecule has 2 N–H and O–H groups in total. The maximum Gasteiger partial charge on any atom is 0.222 e. The highest BCUT2D eigenvalue weighted by Crippen LogP contribution is 2.33. The summed E-state index contributed by atoms with van der Waals surface area (Å²) in [5.41, 5.74) is 5.98. The van der Waals surface area contributed by atoms with Crippen molar-refractivity contribution in [3.05, 3.63) is 20.8 Å². The van der Waals surface area contributed by atoms with E-state index in [1.54, 1.807) is 11.3 Å². The first-order valence-corrected chi connectivity index (χ1v) is 8.29. The van der Waals surface area contributed by atoms with Crippen LogP contribution in [0.1, 0.15) is 23.8 Å². The molecule has 1 amide bonds. The van der Waals surface area contributed by atoms with Gasteiger partial charge >= 0.3 is 0 Å². The molecule has 2 saturated heterocycles. The minimum atomic E-state index is 0.286. The van der Waals surface area contributed by atoms with E-state index in [9.17, 15) is 4.79 Å². The van der Waals surface area contributed by atoms with Gasteiger partial charge < -0.3 is 10.6 Å². The third-order valence-corrected chi connectivity index (χ3v) is 5.84. The van der Waals surface area contributed by atoms with Gasteiger partial charge in [-0.2, -0.15) is 0 Å². The van der Waals surface area contributed by atoms with E-state index in [0.717, 1.165) is 36.3 Å². The molecule has 2 fully saturated rings. The zero-order valence-electron chi connectivity index (χ0n) is 10.7. The first-order chi connectivity index (χ1) is 9.19. The fourth-order valence-corrected chi connectivity index (χ4v) is 4.70. The van der Waals surface area contributed by atoms with Crippen molar-refractivity contribution in [2.45, 2.75) is 24.9 Å². The summed E-state index contributed by atoms with van der Waals surface area (Å²) in [7, 11) is 0. The zero-order chi connectivity index (χ0) is 13.4. The highest BCUT2D eigenvalue weighted by Gasteiger charge is 2.37. The summed E-state index contributed by atoms with van der Waals surface area (Å²) in [5.74, 6) is 0.327. The molecule has 3 heterocycles. The number of hydrogen-bond donors (Lipinski definition) is 1. The number of rotatable bonds is 3. The minimum Gasteiger partial charge on any atom is -0.337 e. The van der Waals surface area contributed by atoms with Crippen LogP contribution in [0.5, 0.6) is 0 Å². The third kappa shape index (κ3) is 2.59. The predicted molar refractivity (Wildman–Crippen MR) is 80.1 cm³/mol. The van der Waals surface area contributed by atoms with Gasteiger partial charge in [-0.05, 0) is 34.5 Å². The lowest BCUT2D eigenvalue weighted by atomic mass is 10.1. The monoisotopic (exact) mass is 343 g/mol. The average Bonchev–Trinajstić information content (AvgIpc) is 2.98. The second-order valence-corrected chi connectivity index (χ2v) is 7.66. The van der Waals surface area contributed by atoms with Crippen molar-refractivity contribution in [1.82, 2.24) is 9.80 Å². The highest BCUT2D eigenvalue weighted by atomic mass is 79.9. The number of fused-ring (bicyclic) bond motifs is 1. The number of hydrogen-bond acceptors (Lipinski definition) is 4. The maximum absolute atomic E-state index is 11.7. The van der Waals surface area contributed by atoms with Gasteiger partial charge in [0.25, 0.3) is 0 Å². The molecule has 0 radical (unpaired) electrons. The number of halogens is 1. The Hall–Kier alpha value is -0.430. The van der Waals surface area contributed by atoms with E-state index in [1.807, 2.05) is 0 Å². The molecule has 19 heavy (non-hydrogen) atoms. The number of carbonyl (C=O) groups is 1. The Labute approximate surface area is 125 Å². The first kappa shape index (κ1) is 13.5. The van der Waals surface area contributed by atoms with Crippen LogP contribution in [0.25, 0.3) is 0 Å². The summed E-state index contributed by atoms with van der Waals surface area (Å²) in [6.07, 6.45) is 1.72. The molecule has 0 aromatic carbocycles. The predicted octanol–water partition coefficient (Wildman–Crippen LogP) is 1.82. The summed E-state index contributed by atoms with van der Waals surface area (Å²) < 4.78 is 1.15. The van der Waals surface area contributed by atoms with Gasteiger partial charge in [0, 0.05) is 43.5 Å². The van der Waals surface area contributed by atoms with Gasteiger partial charge in [-0.15, -0.1) is 11.3 Å². The Kier molecular flexibility index (Phi) is 3.93. The molecule has 3 rings (SSSR count). The van der Waals surface area contributed by atoms with E-state index in [-0.39, 0.29) is 6.04 Å². The summed E-state index contributed by atoms with van der Waals surface area (Å²) >= 11 is 5.27. The van der Waals surface area contributed by atoms with Crippen LogP contribution in [-0.2, 0) is 4.79 Å². The number of carbonyl (C=O) groups excluding carboxylic acids is 1. The smallest absolute Gasteiger partial charge is 0.222 e. The standard InChI is InChI=1S/C13H18BrN3OS/c14-12-3-2-11(19-12)10(7-15)16-5-6-17-9(8-16)1-4-13(17)18/h2-3,9-10H,1,4-8,15H2. The molecule has 6 heteroatoms. The number of nitrogens with zero attached hydrogens (tertiary/aromatic N) is 2. The maximum atomic E-state index is 11.7. The Morgan fingerprint density at radius 2 is 2.32 bits per heavy atom. The van der Waals surface area contributed by atoms with Crippen LogP contribution in [0, 0.1) is 0 Å². The molecule has 2 unspecified atom stereocenters. The van der Waals surface area contributed by atoms with Gasteiger partial charge in [-0.3, -0.25) is 9.69 Å². The van der Waals surface area contributed by atoms with Crippen LogP contribution in [-0.4, -0.2) is 47.9 Å². The molecule has 1 aromatic heterocycles. The molecule has 104 valence electrons. The summed E-state index contributed by atoms with van der Waals surface area (Å²) in [6.45, 7) is 3.38. The number of nitrogens with two attached hydrogens (primary N) is 1. The van der Waals surface area contributed by atoms with Crippen LogP contribution >= 0.6 is 27.3 Å². The van der Waals surface area contributed by atoms with Gasteiger partial charge in [0.05, 0.1) is 9.83 Å². The van der Waals surface area contributed by atoms with E-state index in [0.29, 0.717) is 18.5 Å². The fraction of sp³-hybridized carbons (Fsp3) is 0.615. The number of thiophene rings is 1. The minimum absolute atomic E-state index is 0.286. The molecule has 2 aliphatic rings. The van der Waals surface area contributed by atoms with Gasteiger partial charge in [-0.1, -0.05) is 0 Å². The summed E-state index contributed by atoms with van der Waals surface area (Å²) in [4.78, 5) is 17.5. The van der Waals surface area contributed by atoms with Crippen LogP contribution < -0.4 is 5.73 Å². The van der Waals surface area contributed by atoms with Crippen LogP contribution in [0.4, 0.5) is 0 Å². The molecule has 4 nitrogen and oxygen atoms in total. The molecular formula is C13H18BrN3OS. The second kappa shape index (κ2) is 5.52. The van der Waals surface area contributed by atoms with Crippen LogP contribution in [0.15, 0.2) is 15.9 Å². The van der Waals surface area contributed by atoms with Crippen molar-refractivity contribution in [3.8, 4) is 0 Å². The Balaban J connectivity index is 1.73. The third-order valence-electron chi connectivity index (χ3n) is 4.11. The molecule has 0 aliphatic carbocycles. The first-order valence-electron chi connectivity index (χ1n) is 6.68. The number of amides is 1. The SMILES string of the molecule is NCC(c1ccc(Br)s1)N1CCN2C(=O)CCC2C1. The van der Waals surface area contributed by atoms with E-state index >= 15 is 0 Å². The number of piperazine rings is 1. The van der Waals surface area contributed by atoms with Crippen molar-refractivity contribution in [2.75, 3.05) is 26.2 Å². The molecule has 2 aliphatic heterocycles. The second-order valence-electron chi connectivity index (χ2n) is 5.17. The quantitative estimate of drug-likeness (QED) is 0.910. The van der Waals surface area contributed by atoms with Gasteiger partial charge in [0.2, 0.25) is 5.91 Å². The highest BCUT2D eigenvalue weighted by molar-refractivity contribution is 9.11. The van der Waals surface area contributed by atoms with Crippen LogP contribution in [0.3, 0.4) is 0 Å². The van der Waals surface area contributed by atoms with Gasteiger partial charge in [0.15, 0.2) is 0 Å². The van der Waals surface area contributed by atoms with Crippen LogP contribution in [0.2, 0.25) is 0 Å². The normalized spacial score (nSPS) is 25.7. The lowest BCUT2D eigenvalue weighted by Crippen LogP contribution is -2.53. The van der Waals surface area contributed by atoms with Gasteiger partial charge in [-0.25, -0.2) is 0 Å². The average molecular weight is 344 g/mol. The van der Waals surface area contributed by atoms with Crippen molar-refractivity contribution < 1.29 is 4.79 Å². The molecular weight excluding hydrogens is 326 g/mol. The Morgan fingerprint density at radius 1 is 1.47 bits per heavy atom. The fourth-order valence-electron chi connectivity index (χ4n) is 3.12. The molecule has 0 saturated carbocycles. The molecule has 1 aromatic rings. The Bertz CT molecular complexity index is 478. The summed E-state index contributed by atoms with van der Waals surface area (Å²) in [5, 5.41) is 0. The molecule has 2 atom stereocenters.